The van der Waals surface area contributed by atoms with Crippen LogP contribution in [0.5, 0.6) is 0 Å². The number of carbonyl (C=O) groups excluding carboxylic acids is 1. The number of nitrogens with one attached hydrogen (secondary N) is 1. The summed E-state index contributed by atoms with van der Waals surface area (Å²) < 4.78 is 0. The van der Waals surface area contributed by atoms with Gasteiger partial charge in [-0.2, -0.15) is 0 Å². The first kappa shape index (κ1) is 26.9. The SMILES string of the molecule is NC(=O)C(c1ccccc1)(c1ccccc1)[C@H]1CCN(CCCCCCCCCNC2CCCC2)C1. The quantitative estimate of drug-likeness (QED) is 0.300. The minimum absolute atomic E-state index is 0.192. The molecule has 4 heteroatoms. The largest absolute Gasteiger partial charge is 0.369 e. The van der Waals surface area contributed by atoms with E-state index < -0.39 is 5.41 Å². The van der Waals surface area contributed by atoms with Crippen molar-refractivity contribution < 1.29 is 4.79 Å². The van der Waals surface area contributed by atoms with E-state index >= 15 is 0 Å². The Morgan fingerprint density at radius 2 is 1.36 bits per heavy atom. The first-order valence-electron chi connectivity index (χ1n) is 14.6. The number of benzene rings is 2. The average molecular weight is 490 g/mol. The molecule has 1 heterocycles. The van der Waals surface area contributed by atoms with E-state index in [9.17, 15) is 4.79 Å². The van der Waals surface area contributed by atoms with Crippen LogP contribution in [0.3, 0.4) is 0 Å². The predicted molar refractivity (Wildman–Crippen MR) is 150 cm³/mol. The number of rotatable bonds is 15. The Kier molecular flexibility index (Phi) is 10.4. The molecule has 0 unspecified atom stereocenters. The number of carbonyl (C=O) groups is 1. The van der Waals surface area contributed by atoms with Crippen LogP contribution in [0.15, 0.2) is 60.7 Å². The maximum atomic E-state index is 13.2. The topological polar surface area (TPSA) is 58.4 Å². The second-order valence-corrected chi connectivity index (χ2v) is 11.1. The van der Waals surface area contributed by atoms with E-state index in [1.165, 1.54) is 77.2 Å². The number of nitrogens with two attached hydrogens (primary N) is 1. The van der Waals surface area contributed by atoms with E-state index in [0.29, 0.717) is 0 Å². The third-order valence-corrected chi connectivity index (χ3v) is 8.67. The van der Waals surface area contributed by atoms with E-state index in [1.54, 1.807) is 0 Å². The van der Waals surface area contributed by atoms with Gasteiger partial charge < -0.3 is 16.0 Å². The number of amides is 1. The number of nitrogens with zero attached hydrogens (tertiary/aromatic N) is 1. The zero-order valence-corrected chi connectivity index (χ0v) is 22.2. The van der Waals surface area contributed by atoms with Crippen molar-refractivity contribution in [1.82, 2.24) is 10.2 Å². The molecule has 0 spiro atoms. The molecule has 4 nitrogen and oxygen atoms in total. The van der Waals surface area contributed by atoms with Gasteiger partial charge in [0.15, 0.2) is 0 Å². The minimum atomic E-state index is -0.774. The summed E-state index contributed by atoms with van der Waals surface area (Å²) in [6.07, 6.45) is 15.9. The highest BCUT2D eigenvalue weighted by Gasteiger charge is 2.49. The third kappa shape index (κ3) is 6.77. The Bertz CT molecular complexity index is 855. The first-order valence-corrected chi connectivity index (χ1v) is 14.6. The van der Waals surface area contributed by atoms with Gasteiger partial charge in [-0.3, -0.25) is 4.79 Å². The van der Waals surface area contributed by atoms with Crippen LogP contribution < -0.4 is 11.1 Å². The molecule has 0 bridgehead atoms. The van der Waals surface area contributed by atoms with Gasteiger partial charge in [0.05, 0.1) is 0 Å². The van der Waals surface area contributed by atoms with Crippen LogP contribution in [0, 0.1) is 5.92 Å². The summed E-state index contributed by atoms with van der Waals surface area (Å²) in [7, 11) is 0. The number of unbranched alkanes of at least 4 members (excludes halogenated alkanes) is 6. The zero-order chi connectivity index (χ0) is 25.1. The molecule has 2 aromatic carbocycles. The van der Waals surface area contributed by atoms with E-state index in [0.717, 1.165) is 43.2 Å². The molecule has 4 rings (SSSR count). The van der Waals surface area contributed by atoms with Crippen LogP contribution in [0.25, 0.3) is 0 Å². The zero-order valence-electron chi connectivity index (χ0n) is 22.2. The van der Waals surface area contributed by atoms with Gasteiger partial charge >= 0.3 is 0 Å². The van der Waals surface area contributed by atoms with Gasteiger partial charge in [-0.25, -0.2) is 0 Å². The minimum Gasteiger partial charge on any atom is -0.369 e. The lowest BCUT2D eigenvalue weighted by molar-refractivity contribution is -0.123. The lowest BCUT2D eigenvalue weighted by atomic mass is 9.64. The van der Waals surface area contributed by atoms with E-state index in [-0.39, 0.29) is 11.8 Å². The van der Waals surface area contributed by atoms with E-state index in [1.807, 2.05) is 36.4 Å². The summed E-state index contributed by atoms with van der Waals surface area (Å²) in [5, 5.41) is 3.73. The van der Waals surface area contributed by atoms with Crippen LogP contribution in [-0.4, -0.2) is 43.0 Å². The number of hydrogen-bond acceptors (Lipinski definition) is 3. The van der Waals surface area contributed by atoms with Gasteiger partial charge in [0.2, 0.25) is 5.91 Å². The summed E-state index contributed by atoms with van der Waals surface area (Å²) in [6.45, 7) is 4.31. The summed E-state index contributed by atoms with van der Waals surface area (Å²) in [5.41, 5.74) is 7.50. The Morgan fingerprint density at radius 3 is 1.94 bits per heavy atom. The number of hydrogen-bond donors (Lipinski definition) is 2. The van der Waals surface area contributed by atoms with Crippen molar-refractivity contribution >= 4 is 5.91 Å². The Labute approximate surface area is 219 Å². The van der Waals surface area contributed by atoms with Crippen LogP contribution in [-0.2, 0) is 10.2 Å². The second kappa shape index (κ2) is 13.9. The number of primary amides is 1. The predicted octanol–water partition coefficient (Wildman–Crippen LogP) is 6.04. The fourth-order valence-electron chi connectivity index (χ4n) is 6.70. The highest BCUT2D eigenvalue weighted by Crippen LogP contribution is 2.43. The molecule has 1 saturated heterocycles. The Hall–Kier alpha value is -2.17. The molecule has 2 aliphatic rings. The molecule has 1 atom stereocenters. The molecular weight excluding hydrogens is 442 g/mol. The normalized spacial score (nSPS) is 19.2. The molecule has 2 fully saturated rings. The maximum absolute atomic E-state index is 13.2. The second-order valence-electron chi connectivity index (χ2n) is 11.1. The highest BCUT2D eigenvalue weighted by molar-refractivity contribution is 5.91. The van der Waals surface area contributed by atoms with Gasteiger partial charge in [-0.05, 0) is 68.8 Å². The Morgan fingerprint density at radius 1 is 0.806 bits per heavy atom. The van der Waals surface area contributed by atoms with Crippen LogP contribution in [0.1, 0.15) is 88.2 Å². The van der Waals surface area contributed by atoms with Gasteiger partial charge in [-0.1, -0.05) is 106 Å². The summed E-state index contributed by atoms with van der Waals surface area (Å²) in [4.78, 5) is 15.8. The van der Waals surface area contributed by atoms with Gasteiger partial charge in [0, 0.05) is 12.6 Å². The molecular formula is C32H47N3O. The van der Waals surface area contributed by atoms with Crippen molar-refractivity contribution in [2.45, 2.75) is 88.5 Å². The molecule has 36 heavy (non-hydrogen) atoms. The lowest BCUT2D eigenvalue weighted by Gasteiger charge is -2.37. The summed E-state index contributed by atoms with van der Waals surface area (Å²) in [5.74, 6) is -0.0390. The summed E-state index contributed by atoms with van der Waals surface area (Å²) in [6, 6.07) is 21.2. The average Bonchev–Trinajstić information content (AvgIpc) is 3.60. The summed E-state index contributed by atoms with van der Waals surface area (Å²) >= 11 is 0. The molecule has 1 saturated carbocycles. The molecule has 1 aliphatic carbocycles. The third-order valence-electron chi connectivity index (χ3n) is 8.67. The van der Waals surface area contributed by atoms with Crippen molar-refractivity contribution in [2.75, 3.05) is 26.2 Å². The lowest BCUT2D eigenvalue weighted by Crippen LogP contribution is -2.49. The van der Waals surface area contributed by atoms with Crippen molar-refractivity contribution in [1.29, 1.82) is 0 Å². The van der Waals surface area contributed by atoms with Gasteiger partial charge in [-0.15, -0.1) is 0 Å². The fourth-order valence-corrected chi connectivity index (χ4v) is 6.70. The van der Waals surface area contributed by atoms with Crippen molar-refractivity contribution in [3.8, 4) is 0 Å². The van der Waals surface area contributed by atoms with Crippen LogP contribution in [0.2, 0.25) is 0 Å². The molecule has 3 N–H and O–H groups in total. The van der Waals surface area contributed by atoms with E-state index in [2.05, 4.69) is 34.5 Å². The smallest absolute Gasteiger partial charge is 0.232 e. The molecule has 0 aromatic heterocycles. The highest BCUT2D eigenvalue weighted by atomic mass is 16.1. The van der Waals surface area contributed by atoms with E-state index in [4.69, 9.17) is 5.73 Å². The van der Waals surface area contributed by atoms with Crippen LogP contribution >= 0.6 is 0 Å². The molecule has 1 aliphatic heterocycles. The maximum Gasteiger partial charge on any atom is 0.232 e. The fraction of sp³-hybridized carbons (Fsp3) is 0.594. The molecule has 1 amide bonds. The van der Waals surface area contributed by atoms with Crippen molar-refractivity contribution in [2.24, 2.45) is 11.7 Å². The van der Waals surface area contributed by atoms with Gasteiger partial charge in [0.1, 0.15) is 5.41 Å². The van der Waals surface area contributed by atoms with Gasteiger partial charge in [0.25, 0.3) is 0 Å². The van der Waals surface area contributed by atoms with Crippen molar-refractivity contribution in [3.63, 3.8) is 0 Å². The molecule has 2 aromatic rings. The Balaban J connectivity index is 1.20. The molecule has 196 valence electrons. The monoisotopic (exact) mass is 489 g/mol. The standard InChI is InChI=1S/C32H47N3O/c33-31(36)32(27-16-8-6-9-17-27,28-18-10-7-11-19-28)29-22-25-35(26-29)24-15-5-3-1-2-4-14-23-34-30-20-12-13-21-30/h6-11,16-19,29-30,34H,1-5,12-15,20-26H2,(H2,33,36)/t29-/m0/s1. The van der Waals surface area contributed by atoms with Crippen LogP contribution in [0.4, 0.5) is 0 Å². The van der Waals surface area contributed by atoms with Crippen molar-refractivity contribution in [3.05, 3.63) is 71.8 Å². The molecule has 0 radical (unpaired) electrons. The number of likely N-dealkylation sites (tertiary alicyclic amines) is 1. The first-order chi connectivity index (χ1) is 17.7.